The first-order valence-electron chi connectivity index (χ1n) is 9.29. The van der Waals surface area contributed by atoms with Crippen molar-refractivity contribution in [3.05, 3.63) is 54.4 Å². The molecule has 1 saturated heterocycles. The minimum atomic E-state index is -0.194. The van der Waals surface area contributed by atoms with Crippen LogP contribution in [-0.4, -0.2) is 29.8 Å². The second-order valence-corrected chi connectivity index (χ2v) is 6.71. The zero-order valence-corrected chi connectivity index (χ0v) is 15.9. The maximum absolute atomic E-state index is 12.2. The highest BCUT2D eigenvalue weighted by Crippen LogP contribution is 2.35. The van der Waals surface area contributed by atoms with Crippen molar-refractivity contribution in [1.29, 1.82) is 0 Å². The Bertz CT molecular complexity index is 971. The first-order valence-corrected chi connectivity index (χ1v) is 9.29. The van der Waals surface area contributed by atoms with Gasteiger partial charge in [-0.1, -0.05) is 18.2 Å². The number of amides is 1. The van der Waals surface area contributed by atoms with Crippen molar-refractivity contribution in [2.45, 2.75) is 25.8 Å². The Labute approximate surface area is 163 Å². The molecule has 1 unspecified atom stereocenters. The van der Waals surface area contributed by atoms with Crippen LogP contribution in [0.3, 0.4) is 0 Å². The Kier molecular flexibility index (Phi) is 4.97. The SMILES string of the molecule is COc1ccc(NC(C)c2nnc(-c3ccccc3)o2)cc1N1CCCC1=O. The van der Waals surface area contributed by atoms with Gasteiger partial charge in [0.05, 0.1) is 12.8 Å². The summed E-state index contributed by atoms with van der Waals surface area (Å²) in [7, 11) is 1.61. The molecule has 2 heterocycles. The monoisotopic (exact) mass is 378 g/mol. The van der Waals surface area contributed by atoms with E-state index in [2.05, 4.69) is 15.5 Å². The highest BCUT2D eigenvalue weighted by atomic mass is 16.5. The number of nitrogens with one attached hydrogen (secondary N) is 1. The van der Waals surface area contributed by atoms with E-state index in [1.54, 1.807) is 12.0 Å². The average molecular weight is 378 g/mol. The molecule has 3 aromatic rings. The number of methoxy groups -OCH3 is 1. The van der Waals surface area contributed by atoms with Crippen molar-refractivity contribution in [2.24, 2.45) is 0 Å². The zero-order chi connectivity index (χ0) is 19.5. The number of carbonyl (C=O) groups excluding carboxylic acids is 1. The fraction of sp³-hybridized carbons (Fsp3) is 0.286. The van der Waals surface area contributed by atoms with Crippen LogP contribution in [-0.2, 0) is 4.79 Å². The summed E-state index contributed by atoms with van der Waals surface area (Å²) < 4.78 is 11.3. The summed E-state index contributed by atoms with van der Waals surface area (Å²) in [6, 6.07) is 15.2. The number of carbonyl (C=O) groups is 1. The van der Waals surface area contributed by atoms with Crippen LogP contribution < -0.4 is 15.0 Å². The van der Waals surface area contributed by atoms with Gasteiger partial charge in [0.25, 0.3) is 0 Å². The van der Waals surface area contributed by atoms with Gasteiger partial charge >= 0.3 is 0 Å². The molecule has 1 aliphatic heterocycles. The molecule has 0 radical (unpaired) electrons. The van der Waals surface area contributed by atoms with Crippen LogP contribution in [0, 0.1) is 0 Å². The molecule has 0 spiro atoms. The van der Waals surface area contributed by atoms with E-state index in [0.717, 1.165) is 23.4 Å². The molecule has 0 bridgehead atoms. The fourth-order valence-corrected chi connectivity index (χ4v) is 3.31. The molecule has 1 aliphatic rings. The molecular formula is C21H22N4O3. The molecule has 7 heteroatoms. The van der Waals surface area contributed by atoms with E-state index in [-0.39, 0.29) is 11.9 Å². The molecule has 1 amide bonds. The van der Waals surface area contributed by atoms with Crippen LogP contribution in [0.5, 0.6) is 5.75 Å². The van der Waals surface area contributed by atoms with Crippen LogP contribution in [0.25, 0.3) is 11.5 Å². The van der Waals surface area contributed by atoms with Crippen molar-refractivity contribution >= 4 is 17.3 Å². The van der Waals surface area contributed by atoms with Gasteiger partial charge in [-0.05, 0) is 43.7 Å². The number of hydrogen-bond acceptors (Lipinski definition) is 6. The summed E-state index contributed by atoms with van der Waals surface area (Å²) in [5.41, 5.74) is 2.51. The highest BCUT2D eigenvalue weighted by molar-refractivity contribution is 5.97. The lowest BCUT2D eigenvalue weighted by Gasteiger charge is -2.21. The smallest absolute Gasteiger partial charge is 0.247 e. The lowest BCUT2D eigenvalue weighted by Crippen LogP contribution is -2.24. The summed E-state index contributed by atoms with van der Waals surface area (Å²) >= 11 is 0. The number of benzene rings is 2. The van der Waals surface area contributed by atoms with Gasteiger partial charge in [-0.15, -0.1) is 10.2 Å². The van der Waals surface area contributed by atoms with Crippen LogP contribution in [0.1, 0.15) is 31.7 Å². The number of hydrogen-bond donors (Lipinski definition) is 1. The number of nitrogens with zero attached hydrogens (tertiary/aromatic N) is 3. The maximum Gasteiger partial charge on any atom is 0.247 e. The second-order valence-electron chi connectivity index (χ2n) is 6.71. The van der Waals surface area contributed by atoms with E-state index in [9.17, 15) is 4.79 Å². The summed E-state index contributed by atoms with van der Waals surface area (Å²) in [6.45, 7) is 2.66. The van der Waals surface area contributed by atoms with Crippen molar-refractivity contribution in [3.8, 4) is 17.2 Å². The summed E-state index contributed by atoms with van der Waals surface area (Å²) in [5, 5.41) is 11.7. The molecule has 4 rings (SSSR count). The van der Waals surface area contributed by atoms with Crippen molar-refractivity contribution in [2.75, 3.05) is 23.9 Å². The van der Waals surface area contributed by atoms with Crippen molar-refractivity contribution in [3.63, 3.8) is 0 Å². The van der Waals surface area contributed by atoms with Crippen LogP contribution in [0.15, 0.2) is 52.9 Å². The Morgan fingerprint density at radius 1 is 1.18 bits per heavy atom. The second kappa shape index (κ2) is 7.72. The van der Waals surface area contributed by atoms with Gasteiger partial charge in [0.2, 0.25) is 17.7 Å². The topological polar surface area (TPSA) is 80.5 Å². The molecule has 0 saturated carbocycles. The summed E-state index contributed by atoms with van der Waals surface area (Å²) in [5.74, 6) is 1.78. The molecule has 1 N–H and O–H groups in total. The minimum Gasteiger partial charge on any atom is -0.495 e. The van der Waals surface area contributed by atoms with Gasteiger partial charge in [0.15, 0.2) is 0 Å². The number of anilines is 2. The third-order valence-corrected chi connectivity index (χ3v) is 4.76. The van der Waals surface area contributed by atoms with E-state index < -0.39 is 0 Å². The third kappa shape index (κ3) is 3.55. The predicted octanol–water partition coefficient (Wildman–Crippen LogP) is 4.05. The molecular weight excluding hydrogens is 356 g/mol. The molecule has 28 heavy (non-hydrogen) atoms. The zero-order valence-electron chi connectivity index (χ0n) is 15.9. The highest BCUT2D eigenvalue weighted by Gasteiger charge is 2.25. The van der Waals surface area contributed by atoms with E-state index in [0.29, 0.717) is 30.5 Å². The lowest BCUT2D eigenvalue weighted by atomic mass is 10.2. The molecule has 0 aliphatic carbocycles. The first kappa shape index (κ1) is 18.0. The number of aromatic nitrogens is 2. The Morgan fingerprint density at radius 2 is 2.00 bits per heavy atom. The van der Waals surface area contributed by atoms with Crippen LogP contribution in [0.2, 0.25) is 0 Å². The van der Waals surface area contributed by atoms with Gasteiger partial charge < -0.3 is 19.4 Å². The largest absolute Gasteiger partial charge is 0.495 e. The van der Waals surface area contributed by atoms with Crippen LogP contribution >= 0.6 is 0 Å². The minimum absolute atomic E-state index is 0.118. The van der Waals surface area contributed by atoms with Gasteiger partial charge in [0.1, 0.15) is 11.8 Å². The molecule has 1 aromatic heterocycles. The Morgan fingerprint density at radius 3 is 2.71 bits per heavy atom. The quantitative estimate of drug-likeness (QED) is 0.697. The Hall–Kier alpha value is -3.35. The predicted molar refractivity (Wildman–Crippen MR) is 106 cm³/mol. The normalized spacial score (nSPS) is 14.9. The fourth-order valence-electron chi connectivity index (χ4n) is 3.31. The standard InChI is InChI=1S/C21H22N4O3/c1-14(20-23-24-21(28-20)15-7-4-3-5-8-15)22-16-10-11-18(27-2)17(13-16)25-12-6-9-19(25)26/h3-5,7-8,10-11,13-14,22H,6,9,12H2,1-2H3. The van der Waals surface area contributed by atoms with E-state index in [1.165, 1.54) is 0 Å². The van der Waals surface area contributed by atoms with Gasteiger partial charge in [-0.25, -0.2) is 0 Å². The van der Waals surface area contributed by atoms with Crippen molar-refractivity contribution in [1.82, 2.24) is 10.2 Å². The lowest BCUT2D eigenvalue weighted by molar-refractivity contribution is -0.117. The summed E-state index contributed by atoms with van der Waals surface area (Å²) in [4.78, 5) is 13.9. The van der Waals surface area contributed by atoms with E-state index in [1.807, 2.05) is 55.5 Å². The number of rotatable bonds is 6. The maximum atomic E-state index is 12.2. The Balaban J connectivity index is 1.54. The van der Waals surface area contributed by atoms with E-state index in [4.69, 9.17) is 9.15 Å². The van der Waals surface area contributed by atoms with Crippen molar-refractivity contribution < 1.29 is 13.9 Å². The van der Waals surface area contributed by atoms with Crippen LogP contribution in [0.4, 0.5) is 11.4 Å². The van der Waals surface area contributed by atoms with E-state index >= 15 is 0 Å². The average Bonchev–Trinajstić information content (AvgIpc) is 3.38. The first-order chi connectivity index (χ1) is 13.7. The van der Waals surface area contributed by atoms with Gasteiger partial charge in [-0.2, -0.15) is 0 Å². The molecule has 1 atom stereocenters. The van der Waals surface area contributed by atoms with Gasteiger partial charge in [0, 0.05) is 24.2 Å². The molecule has 2 aromatic carbocycles. The molecule has 144 valence electrons. The summed E-state index contributed by atoms with van der Waals surface area (Å²) in [6.07, 6.45) is 1.43. The molecule has 7 nitrogen and oxygen atoms in total. The molecule has 1 fully saturated rings. The number of ether oxygens (including phenoxy) is 1. The van der Waals surface area contributed by atoms with Gasteiger partial charge in [-0.3, -0.25) is 4.79 Å². The third-order valence-electron chi connectivity index (χ3n) is 4.76.